The second kappa shape index (κ2) is 27.0. The van der Waals surface area contributed by atoms with Gasteiger partial charge in [-0.25, -0.2) is 9.59 Å². The Labute approximate surface area is 451 Å². The van der Waals surface area contributed by atoms with E-state index in [4.69, 9.17) is 14.2 Å². The number of halogens is 3. The maximum absolute atomic E-state index is 16.4. The van der Waals surface area contributed by atoms with E-state index in [0.29, 0.717) is 11.1 Å². The molecule has 0 saturated heterocycles. The van der Waals surface area contributed by atoms with Crippen LogP contribution in [0.1, 0.15) is 73.8 Å². The fourth-order valence-electron chi connectivity index (χ4n) is 9.06. The number of hydrogen-bond donors (Lipinski definition) is 5. The van der Waals surface area contributed by atoms with Crippen molar-refractivity contribution in [1.29, 1.82) is 0 Å². The molecule has 0 heterocycles. The van der Waals surface area contributed by atoms with E-state index in [1.807, 2.05) is 48.5 Å². The predicted molar refractivity (Wildman–Crippen MR) is 285 cm³/mol. The summed E-state index contributed by atoms with van der Waals surface area (Å²) in [6, 6.07) is 34.4. The normalized spacial score (nSPS) is 13.8. The van der Waals surface area contributed by atoms with Crippen molar-refractivity contribution in [2.75, 3.05) is 26.7 Å². The van der Waals surface area contributed by atoms with Gasteiger partial charge < -0.3 is 45.7 Å². The number of esters is 1. The van der Waals surface area contributed by atoms with Gasteiger partial charge in [0.25, 0.3) is 5.91 Å². The fraction of sp³-hybridized carbons (Fsp3) is 0.339. The minimum Gasteiger partial charge on any atom is -0.459 e. The molecule has 0 bridgehead atoms. The first-order valence-corrected chi connectivity index (χ1v) is 25.4. The molecule has 4 atom stereocenters. The van der Waals surface area contributed by atoms with Crippen LogP contribution >= 0.6 is 0 Å². The minimum atomic E-state index is -5.59. The monoisotopic (exact) mass is 1070 g/mol. The molecule has 1 unspecified atom stereocenters. The second-order valence-electron chi connectivity index (χ2n) is 19.7. The SMILES string of the molecule is C=CC[C@H](NC(=O)OCC1c2ccccc2-c2ccccc21)C(=O)N[C@@H](Cc1ccccc1)C(=O)N(C)C(Cc1ccccc1)(C(=O)N[C@H](CCCNC(=O)OCc1ccccc1)C(=O)NCC(=O)OC(C)(C)C)C(F)(F)F. The van der Waals surface area contributed by atoms with Gasteiger partial charge in [-0.15, -0.1) is 6.58 Å². The Morgan fingerprint density at radius 3 is 1.76 bits per heavy atom. The second-order valence-corrected chi connectivity index (χ2v) is 19.7. The van der Waals surface area contributed by atoms with Gasteiger partial charge in [0.1, 0.15) is 43.5 Å². The summed E-state index contributed by atoms with van der Waals surface area (Å²) in [4.78, 5) is 97.2. The molecule has 0 saturated carbocycles. The Balaban J connectivity index is 1.26. The number of ether oxygens (including phenoxy) is 3. The van der Waals surface area contributed by atoms with Crippen molar-refractivity contribution in [3.8, 4) is 11.1 Å². The van der Waals surface area contributed by atoms with Gasteiger partial charge in [0.05, 0.1) is 0 Å². The molecule has 5 aromatic rings. The van der Waals surface area contributed by atoms with Gasteiger partial charge in [0.2, 0.25) is 23.3 Å². The molecule has 5 aromatic carbocycles. The van der Waals surface area contributed by atoms with E-state index in [9.17, 15) is 28.8 Å². The number of benzene rings is 5. The van der Waals surface area contributed by atoms with Crippen molar-refractivity contribution in [1.82, 2.24) is 31.5 Å². The molecule has 5 N–H and O–H groups in total. The average Bonchev–Trinajstić information content (AvgIpc) is 3.75. The highest BCUT2D eigenvalue weighted by molar-refractivity contribution is 5.98. The van der Waals surface area contributed by atoms with Crippen LogP contribution in [-0.4, -0.2) is 109 Å². The van der Waals surface area contributed by atoms with Crippen molar-refractivity contribution in [3.63, 3.8) is 0 Å². The van der Waals surface area contributed by atoms with Crippen LogP contribution in [0.25, 0.3) is 11.1 Å². The Bertz CT molecular complexity index is 2840. The summed E-state index contributed by atoms with van der Waals surface area (Å²) in [5.74, 6) is -6.43. The van der Waals surface area contributed by atoms with Gasteiger partial charge in [-0.05, 0) is 79.0 Å². The molecule has 0 aliphatic heterocycles. The van der Waals surface area contributed by atoms with E-state index in [0.717, 1.165) is 29.3 Å². The summed E-state index contributed by atoms with van der Waals surface area (Å²) < 4.78 is 65.5. The first-order chi connectivity index (χ1) is 37.2. The molecule has 1 aliphatic carbocycles. The third-order valence-electron chi connectivity index (χ3n) is 12.9. The molecule has 19 heteroatoms. The zero-order valence-electron chi connectivity index (χ0n) is 43.9. The third-order valence-corrected chi connectivity index (χ3v) is 12.9. The summed E-state index contributed by atoms with van der Waals surface area (Å²) in [5.41, 5.74) is 0.214. The van der Waals surface area contributed by atoms with E-state index >= 15 is 18.0 Å². The first kappa shape index (κ1) is 58.8. The largest absolute Gasteiger partial charge is 0.459 e. The smallest absolute Gasteiger partial charge is 0.421 e. The molecule has 412 valence electrons. The maximum atomic E-state index is 16.4. The highest BCUT2D eigenvalue weighted by Gasteiger charge is 2.65. The van der Waals surface area contributed by atoms with Crippen LogP contribution in [0.5, 0.6) is 0 Å². The number of nitrogens with zero attached hydrogens (tertiary/aromatic N) is 1. The van der Waals surface area contributed by atoms with E-state index in [2.05, 4.69) is 33.2 Å². The molecule has 78 heavy (non-hydrogen) atoms. The summed E-state index contributed by atoms with van der Waals surface area (Å²) in [6.07, 6.45) is -8.27. The van der Waals surface area contributed by atoms with Gasteiger partial charge in [0, 0.05) is 32.4 Å². The molecule has 1 aliphatic rings. The fourth-order valence-corrected chi connectivity index (χ4v) is 9.06. The lowest BCUT2D eigenvalue weighted by atomic mass is 9.85. The van der Waals surface area contributed by atoms with Gasteiger partial charge in [-0.2, -0.15) is 13.2 Å². The number of carbonyl (C=O) groups is 7. The molecule has 0 radical (unpaired) electrons. The van der Waals surface area contributed by atoms with Crippen LogP contribution < -0.4 is 26.6 Å². The lowest BCUT2D eigenvalue weighted by molar-refractivity contribution is -0.227. The number of likely N-dealkylation sites (N-methyl/N-ethyl adjacent to an activating group) is 1. The Morgan fingerprint density at radius 2 is 1.19 bits per heavy atom. The highest BCUT2D eigenvalue weighted by atomic mass is 19.4. The lowest BCUT2D eigenvalue weighted by Gasteiger charge is -2.43. The highest BCUT2D eigenvalue weighted by Crippen LogP contribution is 2.44. The number of amides is 6. The Kier molecular flexibility index (Phi) is 20.4. The zero-order chi connectivity index (χ0) is 56.5. The Hall–Kier alpha value is -8.48. The van der Waals surface area contributed by atoms with E-state index < -0.39 is 90.2 Å². The number of alkyl carbamates (subject to hydrolysis) is 2. The van der Waals surface area contributed by atoms with Crippen LogP contribution in [0, 0.1) is 0 Å². The van der Waals surface area contributed by atoms with Crippen molar-refractivity contribution in [2.45, 2.75) is 101 Å². The average molecular weight is 1080 g/mol. The number of fused-ring (bicyclic) bond motifs is 3. The molecule has 6 rings (SSSR count). The topological polar surface area (TPSA) is 211 Å². The first-order valence-electron chi connectivity index (χ1n) is 25.4. The molecular formula is C59H65F3N6O10. The van der Waals surface area contributed by atoms with E-state index in [-0.39, 0.29) is 61.8 Å². The number of nitrogens with one attached hydrogen (secondary N) is 5. The molecule has 0 spiro atoms. The van der Waals surface area contributed by atoms with E-state index in [1.54, 1.807) is 87.5 Å². The van der Waals surface area contributed by atoms with E-state index in [1.165, 1.54) is 30.3 Å². The number of rotatable bonds is 24. The summed E-state index contributed by atoms with van der Waals surface area (Å²) in [5, 5.41) is 12.1. The molecule has 6 amide bonds. The zero-order valence-corrected chi connectivity index (χ0v) is 43.9. The van der Waals surface area contributed by atoms with Gasteiger partial charge in [-0.3, -0.25) is 24.0 Å². The van der Waals surface area contributed by atoms with Crippen molar-refractivity contribution in [2.24, 2.45) is 0 Å². The summed E-state index contributed by atoms with van der Waals surface area (Å²) in [6.45, 7) is 7.45. The minimum absolute atomic E-state index is 0.0317. The quantitative estimate of drug-likeness (QED) is 0.0175. The van der Waals surface area contributed by atoms with Crippen LogP contribution in [-0.2, 0) is 57.6 Å². The maximum Gasteiger partial charge on any atom is 0.421 e. The van der Waals surface area contributed by atoms with Gasteiger partial charge in [-0.1, -0.05) is 146 Å². The van der Waals surface area contributed by atoms with Crippen molar-refractivity contribution in [3.05, 3.63) is 180 Å². The number of hydrogen-bond acceptors (Lipinski definition) is 10. The van der Waals surface area contributed by atoms with Crippen molar-refractivity contribution < 1.29 is 60.9 Å². The van der Waals surface area contributed by atoms with Crippen LogP contribution in [0.4, 0.5) is 22.8 Å². The van der Waals surface area contributed by atoms with Gasteiger partial charge in [0.15, 0.2) is 0 Å². The van der Waals surface area contributed by atoms with Crippen LogP contribution in [0.15, 0.2) is 152 Å². The van der Waals surface area contributed by atoms with Crippen LogP contribution in [0.2, 0.25) is 0 Å². The number of alkyl halides is 3. The van der Waals surface area contributed by atoms with Gasteiger partial charge >= 0.3 is 24.3 Å². The Morgan fingerprint density at radius 1 is 0.641 bits per heavy atom. The molecule has 0 aromatic heterocycles. The molecule has 0 fully saturated rings. The predicted octanol–water partition coefficient (Wildman–Crippen LogP) is 7.85. The number of carbonyl (C=O) groups excluding carboxylic acids is 7. The molecular weight excluding hydrogens is 1010 g/mol. The van der Waals surface area contributed by atoms with Crippen LogP contribution in [0.3, 0.4) is 0 Å². The molecule has 16 nitrogen and oxygen atoms in total. The summed E-state index contributed by atoms with van der Waals surface area (Å²) >= 11 is 0. The summed E-state index contributed by atoms with van der Waals surface area (Å²) in [7, 11) is 0.779. The third kappa shape index (κ3) is 15.8. The lowest BCUT2D eigenvalue weighted by Crippen LogP contribution is -2.72. The standard InChI is InChI=1S/C59H65F3N6O10/c1-6-21-47(67-56(75)77-38-46-44-30-18-16-28-42(44)43-29-17-19-31-45(43)46)52(71)65-49(34-39-22-10-7-11-23-39)53(72)68(5)58(59(60,61)62,35-40-24-12-8-13-25-40)54(73)66-48(51(70)64-36-50(69)78-57(2,3)4)32-20-33-63-55(74)76-37-41-26-14-9-15-27-41/h6-19,22-31,46-49H,1,20-21,32-38H2,2-5H3,(H,63,74)(H,64,70)(H,65,71)(H,66,73)(H,67,75)/t47-,48+,49-,58?/m0/s1. The van der Waals surface area contributed by atoms with Crippen molar-refractivity contribution >= 4 is 41.8 Å².